The van der Waals surface area contributed by atoms with Crippen molar-refractivity contribution >= 4 is 51.1 Å². The fraction of sp³-hybridized carbons (Fsp3) is 0.333. The lowest BCUT2D eigenvalue weighted by atomic mass is 10.2. The fourth-order valence-electron chi connectivity index (χ4n) is 2.69. The van der Waals surface area contributed by atoms with Crippen LogP contribution in [-0.2, 0) is 23.9 Å². The lowest BCUT2D eigenvalue weighted by Gasteiger charge is -2.09. The summed E-state index contributed by atoms with van der Waals surface area (Å²) < 4.78 is 11.0. The second-order valence-electron chi connectivity index (χ2n) is 7.28. The molecule has 33 heavy (non-hydrogen) atoms. The summed E-state index contributed by atoms with van der Waals surface area (Å²) in [6.07, 6.45) is 1.47. The molecular weight excluding hydrogens is 492 g/mol. The van der Waals surface area contributed by atoms with E-state index in [2.05, 4.69) is 26.6 Å². The van der Waals surface area contributed by atoms with Crippen LogP contribution in [0.3, 0.4) is 0 Å². The first-order valence-electron chi connectivity index (χ1n) is 10.6. The zero-order valence-corrected chi connectivity index (χ0v) is 20.2. The molecule has 0 aromatic heterocycles. The molecule has 0 fully saturated rings. The summed E-state index contributed by atoms with van der Waals surface area (Å²) in [5, 5.41) is 5.31. The van der Waals surface area contributed by atoms with Gasteiger partial charge in [-0.1, -0.05) is 29.3 Å². The SMILES string of the molecule is CCCCOC(=O)c1ccc(NC(=O)CCC(=O)OCC(=O)Nc2ccc(Br)cc2C)cc1. The number of halogens is 1. The molecule has 0 saturated heterocycles. The van der Waals surface area contributed by atoms with Crippen molar-refractivity contribution in [3.05, 3.63) is 58.1 Å². The normalized spacial score (nSPS) is 10.3. The molecule has 2 aromatic rings. The third-order valence-electron chi connectivity index (χ3n) is 4.52. The van der Waals surface area contributed by atoms with Gasteiger partial charge in [-0.25, -0.2) is 4.79 Å². The Hall–Kier alpha value is -3.20. The molecule has 0 atom stereocenters. The lowest BCUT2D eigenvalue weighted by molar-refractivity contribution is -0.147. The average Bonchev–Trinajstić information content (AvgIpc) is 2.79. The van der Waals surface area contributed by atoms with Crippen molar-refractivity contribution < 1.29 is 28.7 Å². The number of nitrogens with one attached hydrogen (secondary N) is 2. The highest BCUT2D eigenvalue weighted by Gasteiger charge is 2.12. The summed E-state index contributed by atoms with van der Waals surface area (Å²) in [6.45, 7) is 3.78. The first kappa shape index (κ1) is 26.1. The monoisotopic (exact) mass is 518 g/mol. The van der Waals surface area contributed by atoms with Gasteiger partial charge in [0.25, 0.3) is 5.91 Å². The van der Waals surface area contributed by atoms with Crippen LogP contribution in [0.2, 0.25) is 0 Å². The number of aryl methyl sites for hydroxylation is 1. The number of unbranched alkanes of at least 4 members (excludes halogenated alkanes) is 1. The van der Waals surface area contributed by atoms with Crippen molar-refractivity contribution in [2.24, 2.45) is 0 Å². The van der Waals surface area contributed by atoms with Gasteiger partial charge >= 0.3 is 11.9 Å². The lowest BCUT2D eigenvalue weighted by Crippen LogP contribution is -2.22. The summed E-state index contributed by atoms with van der Waals surface area (Å²) in [7, 11) is 0. The highest BCUT2D eigenvalue weighted by molar-refractivity contribution is 9.10. The van der Waals surface area contributed by atoms with E-state index in [4.69, 9.17) is 9.47 Å². The first-order chi connectivity index (χ1) is 15.8. The number of ether oxygens (including phenoxy) is 2. The molecule has 0 saturated carbocycles. The van der Waals surface area contributed by atoms with Crippen molar-refractivity contribution in [2.75, 3.05) is 23.8 Å². The molecule has 0 aliphatic carbocycles. The molecule has 2 rings (SSSR count). The number of esters is 2. The molecule has 176 valence electrons. The Kier molecular flexibility index (Phi) is 10.6. The number of benzene rings is 2. The molecule has 2 N–H and O–H groups in total. The van der Waals surface area contributed by atoms with Crippen molar-refractivity contribution in [3.8, 4) is 0 Å². The van der Waals surface area contributed by atoms with Gasteiger partial charge in [-0.15, -0.1) is 0 Å². The molecule has 2 amide bonds. The quantitative estimate of drug-likeness (QED) is 0.331. The van der Waals surface area contributed by atoms with Gasteiger partial charge in [0.2, 0.25) is 5.91 Å². The maximum atomic E-state index is 12.1. The van der Waals surface area contributed by atoms with E-state index in [0.29, 0.717) is 23.5 Å². The molecule has 0 aliphatic rings. The second-order valence-corrected chi connectivity index (χ2v) is 8.20. The molecule has 0 bridgehead atoms. The zero-order valence-electron chi connectivity index (χ0n) is 18.6. The molecule has 2 aromatic carbocycles. The maximum Gasteiger partial charge on any atom is 0.338 e. The molecule has 0 spiro atoms. The van der Waals surface area contributed by atoms with Gasteiger partial charge in [-0.2, -0.15) is 0 Å². The van der Waals surface area contributed by atoms with E-state index in [-0.39, 0.29) is 18.7 Å². The van der Waals surface area contributed by atoms with Gasteiger partial charge in [0.15, 0.2) is 6.61 Å². The van der Waals surface area contributed by atoms with E-state index >= 15 is 0 Å². The Morgan fingerprint density at radius 1 is 0.909 bits per heavy atom. The summed E-state index contributed by atoms with van der Waals surface area (Å²) in [5.74, 6) is -1.92. The van der Waals surface area contributed by atoms with Crippen molar-refractivity contribution in [1.82, 2.24) is 0 Å². The Morgan fingerprint density at radius 3 is 2.30 bits per heavy atom. The average molecular weight is 519 g/mol. The number of rotatable bonds is 11. The van der Waals surface area contributed by atoms with Gasteiger partial charge in [-0.3, -0.25) is 14.4 Å². The molecule has 8 nitrogen and oxygen atoms in total. The topological polar surface area (TPSA) is 111 Å². The fourth-order valence-corrected chi connectivity index (χ4v) is 3.17. The van der Waals surface area contributed by atoms with E-state index in [0.717, 1.165) is 22.9 Å². The molecular formula is C24H27BrN2O6. The number of hydrogen-bond acceptors (Lipinski definition) is 6. The van der Waals surface area contributed by atoms with Crippen LogP contribution < -0.4 is 10.6 Å². The standard InChI is InChI=1S/C24H27BrN2O6/c1-3-4-13-32-24(31)17-5-8-19(9-6-17)26-21(28)11-12-23(30)33-15-22(29)27-20-10-7-18(25)14-16(20)2/h5-10,14H,3-4,11-13,15H2,1-2H3,(H,26,28)(H,27,29). The van der Waals surface area contributed by atoms with E-state index in [9.17, 15) is 19.2 Å². The van der Waals surface area contributed by atoms with E-state index in [1.807, 2.05) is 19.9 Å². The summed E-state index contributed by atoms with van der Waals surface area (Å²) >= 11 is 3.35. The highest BCUT2D eigenvalue weighted by atomic mass is 79.9. The molecule has 0 unspecified atom stereocenters. The van der Waals surface area contributed by atoms with E-state index < -0.39 is 24.5 Å². The smallest absolute Gasteiger partial charge is 0.338 e. The largest absolute Gasteiger partial charge is 0.462 e. The van der Waals surface area contributed by atoms with Gasteiger partial charge < -0.3 is 20.1 Å². The zero-order chi connectivity index (χ0) is 24.2. The highest BCUT2D eigenvalue weighted by Crippen LogP contribution is 2.20. The molecule has 0 aliphatic heterocycles. The van der Waals surface area contributed by atoms with Crippen LogP contribution >= 0.6 is 15.9 Å². The van der Waals surface area contributed by atoms with Crippen LogP contribution in [0.5, 0.6) is 0 Å². The minimum absolute atomic E-state index is 0.104. The van der Waals surface area contributed by atoms with Gasteiger partial charge in [-0.05, 0) is 61.4 Å². The Bertz CT molecular complexity index is 991. The van der Waals surface area contributed by atoms with Crippen LogP contribution in [-0.4, -0.2) is 37.0 Å². The molecule has 0 radical (unpaired) electrons. The summed E-state index contributed by atoms with van der Waals surface area (Å²) in [4.78, 5) is 47.8. The van der Waals surface area contributed by atoms with Crippen LogP contribution in [0, 0.1) is 6.92 Å². The van der Waals surface area contributed by atoms with Crippen molar-refractivity contribution in [1.29, 1.82) is 0 Å². The maximum absolute atomic E-state index is 12.1. The number of hydrogen-bond donors (Lipinski definition) is 2. The number of anilines is 2. The Labute approximate surface area is 201 Å². The summed E-state index contributed by atoms with van der Waals surface area (Å²) in [5.41, 5.74) is 2.37. The second kappa shape index (κ2) is 13.4. The molecule has 9 heteroatoms. The van der Waals surface area contributed by atoms with Crippen molar-refractivity contribution in [2.45, 2.75) is 39.5 Å². The van der Waals surface area contributed by atoms with Gasteiger partial charge in [0.1, 0.15) is 0 Å². The van der Waals surface area contributed by atoms with Gasteiger partial charge in [0.05, 0.1) is 18.6 Å². The third-order valence-corrected chi connectivity index (χ3v) is 5.01. The van der Waals surface area contributed by atoms with Gasteiger partial charge in [0, 0.05) is 22.3 Å². The van der Waals surface area contributed by atoms with Crippen LogP contribution in [0.1, 0.15) is 48.5 Å². The van der Waals surface area contributed by atoms with E-state index in [1.54, 1.807) is 36.4 Å². The minimum atomic E-state index is -0.655. The van der Waals surface area contributed by atoms with Crippen LogP contribution in [0.25, 0.3) is 0 Å². The van der Waals surface area contributed by atoms with Crippen LogP contribution in [0.4, 0.5) is 11.4 Å². The number of amides is 2. The van der Waals surface area contributed by atoms with Crippen molar-refractivity contribution in [3.63, 3.8) is 0 Å². The molecule has 0 heterocycles. The Balaban J connectivity index is 1.69. The predicted octanol–water partition coefficient (Wildman–Crippen LogP) is 4.62. The Morgan fingerprint density at radius 2 is 1.64 bits per heavy atom. The minimum Gasteiger partial charge on any atom is -0.462 e. The predicted molar refractivity (Wildman–Crippen MR) is 128 cm³/mol. The van der Waals surface area contributed by atoms with Crippen LogP contribution in [0.15, 0.2) is 46.9 Å². The number of carbonyl (C=O) groups excluding carboxylic acids is 4. The summed E-state index contributed by atoms with van der Waals surface area (Å²) in [6, 6.07) is 11.7. The van der Waals surface area contributed by atoms with E-state index in [1.165, 1.54) is 0 Å². The first-order valence-corrected chi connectivity index (χ1v) is 11.4. The third kappa shape index (κ3) is 9.44. The number of carbonyl (C=O) groups is 4.